The first-order valence-electron chi connectivity index (χ1n) is 10.4. The topological polar surface area (TPSA) is 78.3 Å². The van der Waals surface area contributed by atoms with Crippen LogP contribution in [0.2, 0.25) is 0 Å². The Bertz CT molecular complexity index is 1140. The van der Waals surface area contributed by atoms with E-state index >= 15 is 0 Å². The molecule has 3 aromatic rings. The van der Waals surface area contributed by atoms with Crippen LogP contribution in [0.3, 0.4) is 0 Å². The first kappa shape index (κ1) is 19.1. The van der Waals surface area contributed by atoms with Gasteiger partial charge in [-0.25, -0.2) is 0 Å². The zero-order valence-corrected chi connectivity index (χ0v) is 17.0. The molecule has 2 fully saturated rings. The summed E-state index contributed by atoms with van der Waals surface area (Å²) < 4.78 is 6.03. The van der Waals surface area contributed by atoms with Gasteiger partial charge in [-0.05, 0) is 48.7 Å². The van der Waals surface area contributed by atoms with Gasteiger partial charge in [0.05, 0.1) is 12.1 Å². The second-order valence-electron chi connectivity index (χ2n) is 8.19. The third-order valence-corrected chi connectivity index (χ3v) is 6.35. The fourth-order valence-corrected chi connectivity index (χ4v) is 4.52. The highest BCUT2D eigenvalue weighted by Gasteiger charge is 2.54. The number of benzene rings is 2. The lowest BCUT2D eigenvalue weighted by Crippen LogP contribution is -2.60. The Morgan fingerprint density at radius 1 is 1.16 bits per heavy atom. The molecule has 154 valence electrons. The maximum atomic E-state index is 12.9. The van der Waals surface area contributed by atoms with Crippen molar-refractivity contribution in [2.24, 2.45) is 5.92 Å². The van der Waals surface area contributed by atoms with E-state index in [4.69, 9.17) is 4.74 Å². The van der Waals surface area contributed by atoms with Gasteiger partial charge in [-0.15, -0.1) is 0 Å². The number of pyridine rings is 1. The number of nitriles is 1. The maximum absolute atomic E-state index is 12.9. The van der Waals surface area contributed by atoms with Crippen molar-refractivity contribution in [3.05, 3.63) is 78.6 Å². The standard InChI is InChI=1S/C25H22N4O2/c26-17-29-15-20-10-12-25(20,16-29)28-24(30)19-8-6-18(7-9-19)22-14-27-13-11-23(22)31-21-4-2-1-3-5-21/h1-9,11,13-14,20H,10,12,15-16H2,(H,28,30)/t20?,25-/m0/s1. The highest BCUT2D eigenvalue weighted by molar-refractivity contribution is 5.95. The highest BCUT2D eigenvalue weighted by Crippen LogP contribution is 2.44. The second-order valence-corrected chi connectivity index (χ2v) is 8.19. The minimum absolute atomic E-state index is 0.0945. The molecule has 0 spiro atoms. The number of rotatable bonds is 5. The zero-order chi connectivity index (χ0) is 21.3. The number of nitrogens with one attached hydrogen (secondary N) is 1. The lowest BCUT2D eigenvalue weighted by Gasteiger charge is -2.44. The highest BCUT2D eigenvalue weighted by atomic mass is 16.5. The Balaban J connectivity index is 1.33. The molecule has 1 aliphatic heterocycles. The number of hydrogen-bond donors (Lipinski definition) is 1. The molecule has 1 unspecified atom stereocenters. The van der Waals surface area contributed by atoms with E-state index in [9.17, 15) is 10.1 Å². The average Bonchev–Trinajstić information content (AvgIpc) is 3.05. The summed E-state index contributed by atoms with van der Waals surface area (Å²) in [4.78, 5) is 18.9. The fourth-order valence-electron chi connectivity index (χ4n) is 4.52. The van der Waals surface area contributed by atoms with E-state index in [-0.39, 0.29) is 11.4 Å². The molecule has 1 saturated carbocycles. The molecular formula is C25H22N4O2. The largest absolute Gasteiger partial charge is 0.457 e. The number of hydrogen-bond acceptors (Lipinski definition) is 5. The van der Waals surface area contributed by atoms with Crippen LogP contribution in [0.25, 0.3) is 11.1 Å². The number of para-hydroxylation sites is 1. The predicted molar refractivity (Wildman–Crippen MR) is 116 cm³/mol. The molecule has 6 nitrogen and oxygen atoms in total. The van der Waals surface area contributed by atoms with Gasteiger partial charge in [0.2, 0.25) is 0 Å². The van der Waals surface area contributed by atoms with Crippen LogP contribution in [0, 0.1) is 17.4 Å². The first-order valence-corrected chi connectivity index (χ1v) is 10.4. The van der Waals surface area contributed by atoms with E-state index in [2.05, 4.69) is 16.5 Å². The number of carbonyl (C=O) groups excluding carboxylic acids is 1. The number of fused-ring (bicyclic) bond motifs is 1. The van der Waals surface area contributed by atoms with Gasteiger partial charge in [0.1, 0.15) is 11.5 Å². The van der Waals surface area contributed by atoms with E-state index in [0.29, 0.717) is 23.8 Å². The Morgan fingerprint density at radius 2 is 1.97 bits per heavy atom. The van der Waals surface area contributed by atoms with Crippen molar-refractivity contribution in [1.29, 1.82) is 5.26 Å². The Morgan fingerprint density at radius 3 is 2.68 bits per heavy atom. The molecule has 31 heavy (non-hydrogen) atoms. The van der Waals surface area contributed by atoms with Gasteiger partial charge >= 0.3 is 0 Å². The van der Waals surface area contributed by atoms with Crippen LogP contribution in [-0.4, -0.2) is 34.4 Å². The summed E-state index contributed by atoms with van der Waals surface area (Å²) in [7, 11) is 0. The van der Waals surface area contributed by atoms with Gasteiger partial charge in [-0.2, -0.15) is 5.26 Å². The number of likely N-dealkylation sites (tertiary alicyclic amines) is 1. The van der Waals surface area contributed by atoms with Crippen LogP contribution in [0.5, 0.6) is 11.5 Å². The normalized spacial score (nSPS) is 21.5. The van der Waals surface area contributed by atoms with Gasteiger partial charge in [0, 0.05) is 36.0 Å². The number of aromatic nitrogens is 1. The molecule has 1 aliphatic carbocycles. The third-order valence-electron chi connectivity index (χ3n) is 6.35. The molecular weight excluding hydrogens is 388 g/mol. The van der Waals surface area contributed by atoms with Crippen molar-refractivity contribution in [1.82, 2.24) is 15.2 Å². The zero-order valence-electron chi connectivity index (χ0n) is 17.0. The monoisotopic (exact) mass is 410 g/mol. The molecule has 1 aromatic heterocycles. The molecule has 1 amide bonds. The smallest absolute Gasteiger partial charge is 0.251 e. The van der Waals surface area contributed by atoms with Crippen molar-refractivity contribution in [2.75, 3.05) is 13.1 Å². The summed E-state index contributed by atoms with van der Waals surface area (Å²) in [5.41, 5.74) is 2.13. The SMILES string of the molecule is N#CN1CC2CC[C@]2(NC(=O)c2ccc(-c3cnccc3Oc3ccccc3)cc2)C1. The molecule has 2 aromatic carbocycles. The number of ether oxygens (including phenoxy) is 1. The molecule has 1 saturated heterocycles. The predicted octanol–water partition coefficient (Wildman–Crippen LogP) is 4.22. The quantitative estimate of drug-likeness (QED) is 0.638. The molecule has 0 radical (unpaired) electrons. The lowest BCUT2D eigenvalue weighted by atomic mass is 9.69. The van der Waals surface area contributed by atoms with Crippen LogP contribution in [0.1, 0.15) is 23.2 Å². The first-order chi connectivity index (χ1) is 15.2. The van der Waals surface area contributed by atoms with Crippen LogP contribution in [0.15, 0.2) is 73.1 Å². The molecule has 2 heterocycles. The van der Waals surface area contributed by atoms with Crippen molar-refractivity contribution >= 4 is 5.91 Å². The summed E-state index contributed by atoms with van der Waals surface area (Å²) in [5, 5.41) is 12.4. The fraction of sp³-hybridized carbons (Fsp3) is 0.240. The summed E-state index contributed by atoms with van der Waals surface area (Å²) in [5.74, 6) is 1.73. The minimum Gasteiger partial charge on any atom is -0.457 e. The van der Waals surface area contributed by atoms with Gasteiger partial charge in [-0.1, -0.05) is 30.3 Å². The molecule has 0 bridgehead atoms. The molecule has 2 aliphatic rings. The van der Waals surface area contributed by atoms with E-state index < -0.39 is 0 Å². The summed E-state index contributed by atoms with van der Waals surface area (Å²) in [6, 6.07) is 18.9. The van der Waals surface area contributed by atoms with Gasteiger partial charge in [0.25, 0.3) is 5.91 Å². The summed E-state index contributed by atoms with van der Waals surface area (Å²) in [6.45, 7) is 1.34. The van der Waals surface area contributed by atoms with Crippen molar-refractivity contribution in [2.45, 2.75) is 18.4 Å². The van der Waals surface area contributed by atoms with Crippen LogP contribution < -0.4 is 10.1 Å². The summed E-state index contributed by atoms with van der Waals surface area (Å²) >= 11 is 0. The van der Waals surface area contributed by atoms with E-state index in [1.54, 1.807) is 17.3 Å². The second kappa shape index (κ2) is 7.77. The maximum Gasteiger partial charge on any atom is 0.251 e. The third kappa shape index (κ3) is 3.59. The molecule has 6 heteroatoms. The van der Waals surface area contributed by atoms with Crippen LogP contribution >= 0.6 is 0 Å². The minimum atomic E-state index is -0.258. The van der Waals surface area contributed by atoms with Gasteiger partial charge < -0.3 is 15.0 Å². The van der Waals surface area contributed by atoms with E-state index in [1.807, 2.05) is 60.7 Å². The van der Waals surface area contributed by atoms with Gasteiger partial charge in [-0.3, -0.25) is 9.78 Å². The number of nitrogens with zero attached hydrogens (tertiary/aromatic N) is 3. The number of amides is 1. The lowest BCUT2D eigenvalue weighted by molar-refractivity contribution is 0.0762. The van der Waals surface area contributed by atoms with Crippen LogP contribution in [0.4, 0.5) is 0 Å². The Labute approximate surface area is 181 Å². The molecule has 1 N–H and O–H groups in total. The Kier molecular flexibility index (Phi) is 4.79. The van der Waals surface area contributed by atoms with E-state index in [1.165, 1.54) is 0 Å². The Hall–Kier alpha value is -3.85. The molecule has 2 atom stereocenters. The summed E-state index contributed by atoms with van der Waals surface area (Å²) in [6.07, 6.45) is 7.66. The van der Waals surface area contributed by atoms with Crippen molar-refractivity contribution in [3.8, 4) is 28.8 Å². The van der Waals surface area contributed by atoms with E-state index in [0.717, 1.165) is 36.3 Å². The number of carbonyl (C=O) groups is 1. The van der Waals surface area contributed by atoms with Crippen LogP contribution in [-0.2, 0) is 0 Å². The van der Waals surface area contributed by atoms with Crippen molar-refractivity contribution < 1.29 is 9.53 Å². The van der Waals surface area contributed by atoms with Crippen molar-refractivity contribution in [3.63, 3.8) is 0 Å². The average molecular weight is 410 g/mol. The van der Waals surface area contributed by atoms with Gasteiger partial charge in [0.15, 0.2) is 6.19 Å². The molecule has 5 rings (SSSR count).